The molecule has 1 saturated carbocycles. The van der Waals surface area contributed by atoms with Crippen molar-refractivity contribution in [3.63, 3.8) is 0 Å². The molecule has 1 aromatic carbocycles. The van der Waals surface area contributed by atoms with Crippen LogP contribution in [0.4, 0.5) is 0 Å². The fourth-order valence-corrected chi connectivity index (χ4v) is 3.20. The second-order valence-corrected chi connectivity index (χ2v) is 6.43. The van der Waals surface area contributed by atoms with E-state index >= 15 is 0 Å². The van der Waals surface area contributed by atoms with Crippen LogP contribution in [0.5, 0.6) is 0 Å². The molecule has 1 aromatic rings. The first-order chi connectivity index (χ1) is 10.2. The summed E-state index contributed by atoms with van der Waals surface area (Å²) in [6, 6.07) is 8.44. The molecule has 2 rings (SSSR count). The molecule has 0 heterocycles. The molecule has 0 spiro atoms. The zero-order valence-corrected chi connectivity index (χ0v) is 13.7. The molecule has 1 unspecified atom stereocenters. The first kappa shape index (κ1) is 16.3. The molecule has 114 valence electrons. The van der Waals surface area contributed by atoms with Gasteiger partial charge in [-0.25, -0.2) is 0 Å². The van der Waals surface area contributed by atoms with Crippen molar-refractivity contribution < 1.29 is 4.79 Å². The van der Waals surface area contributed by atoms with Gasteiger partial charge in [-0.2, -0.15) is 0 Å². The van der Waals surface area contributed by atoms with E-state index in [1.807, 2.05) is 6.07 Å². The summed E-state index contributed by atoms with van der Waals surface area (Å²) >= 11 is 6.10. The summed E-state index contributed by atoms with van der Waals surface area (Å²) in [5.41, 5.74) is 3.45. The highest BCUT2D eigenvalue weighted by molar-refractivity contribution is 6.34. The number of allylic oxidation sites excluding steroid dienone is 1. The standard InChI is InChI=1S/C19H25ClO/c1-2-3-4-5-9-15-10-6-7-11-16(15)14-17-12-8-13-18(20)19(17)21/h6-7,10-11,14,18H,2-5,8-9,12-13H2,1H3. The molecule has 1 nitrogen and oxygen atoms in total. The number of benzene rings is 1. The molecule has 0 radical (unpaired) electrons. The Bertz CT molecular complexity index is 504. The predicted octanol–water partition coefficient (Wildman–Crippen LogP) is 5.55. The average molecular weight is 305 g/mol. The van der Waals surface area contributed by atoms with Crippen LogP contribution >= 0.6 is 11.6 Å². The van der Waals surface area contributed by atoms with Crippen LogP contribution in [0.1, 0.15) is 63.0 Å². The number of halogens is 1. The van der Waals surface area contributed by atoms with Crippen LogP contribution < -0.4 is 0 Å². The lowest BCUT2D eigenvalue weighted by Crippen LogP contribution is -2.21. The van der Waals surface area contributed by atoms with Gasteiger partial charge in [-0.1, -0.05) is 50.5 Å². The van der Waals surface area contributed by atoms with Crippen molar-refractivity contribution >= 4 is 23.5 Å². The van der Waals surface area contributed by atoms with Gasteiger partial charge in [0.1, 0.15) is 0 Å². The molecule has 0 N–H and O–H groups in total. The molecule has 0 aliphatic heterocycles. The Morgan fingerprint density at radius 2 is 2.05 bits per heavy atom. The number of hydrogen-bond acceptors (Lipinski definition) is 1. The number of rotatable bonds is 6. The maximum absolute atomic E-state index is 12.1. The number of carbonyl (C=O) groups is 1. The van der Waals surface area contributed by atoms with Gasteiger partial charge in [0.25, 0.3) is 0 Å². The van der Waals surface area contributed by atoms with Gasteiger partial charge in [0, 0.05) is 0 Å². The Kier molecular flexibility index (Phi) is 6.50. The number of alkyl halides is 1. The SMILES string of the molecule is CCCCCCc1ccccc1C=C1CCCC(Cl)C1=O. The highest BCUT2D eigenvalue weighted by atomic mass is 35.5. The van der Waals surface area contributed by atoms with Gasteiger partial charge in [0.05, 0.1) is 5.38 Å². The van der Waals surface area contributed by atoms with Crippen LogP contribution in [-0.2, 0) is 11.2 Å². The number of Topliss-reactive ketones (excluding diaryl/α,β-unsaturated/α-hetero) is 1. The number of carbonyl (C=O) groups excluding carboxylic acids is 1. The normalized spacial score (nSPS) is 21.0. The summed E-state index contributed by atoms with van der Waals surface area (Å²) in [7, 11) is 0. The van der Waals surface area contributed by atoms with Gasteiger partial charge in [0.15, 0.2) is 5.78 Å². The van der Waals surface area contributed by atoms with Crippen LogP contribution in [-0.4, -0.2) is 11.2 Å². The van der Waals surface area contributed by atoms with Gasteiger partial charge in [0.2, 0.25) is 0 Å². The molecule has 1 aliphatic carbocycles. The molecule has 2 heteroatoms. The van der Waals surface area contributed by atoms with Crippen LogP contribution in [0.25, 0.3) is 6.08 Å². The van der Waals surface area contributed by atoms with Gasteiger partial charge in [-0.05, 0) is 54.9 Å². The fraction of sp³-hybridized carbons (Fsp3) is 0.526. The average Bonchev–Trinajstić information content (AvgIpc) is 2.50. The summed E-state index contributed by atoms with van der Waals surface area (Å²) in [6.45, 7) is 2.23. The maximum Gasteiger partial charge on any atom is 0.176 e. The summed E-state index contributed by atoms with van der Waals surface area (Å²) in [5.74, 6) is 0.128. The van der Waals surface area contributed by atoms with E-state index < -0.39 is 0 Å². The topological polar surface area (TPSA) is 17.1 Å². The summed E-state index contributed by atoms with van der Waals surface area (Å²) < 4.78 is 0. The summed E-state index contributed by atoms with van der Waals surface area (Å²) in [6.07, 6.45) is 10.9. The second kappa shape index (κ2) is 8.38. The molecule has 0 saturated heterocycles. The molecule has 0 aromatic heterocycles. The molecule has 21 heavy (non-hydrogen) atoms. The lowest BCUT2D eigenvalue weighted by atomic mass is 9.90. The zero-order chi connectivity index (χ0) is 15.1. The lowest BCUT2D eigenvalue weighted by Gasteiger charge is -2.18. The number of unbranched alkanes of at least 4 members (excludes halogenated alkanes) is 3. The minimum absolute atomic E-state index is 0.128. The number of ketones is 1. The molecule has 1 aliphatic rings. The molecule has 0 amide bonds. The van der Waals surface area contributed by atoms with Gasteiger partial charge >= 0.3 is 0 Å². The predicted molar refractivity (Wildman–Crippen MR) is 90.8 cm³/mol. The van der Waals surface area contributed by atoms with Crippen molar-refractivity contribution in [3.8, 4) is 0 Å². The second-order valence-electron chi connectivity index (χ2n) is 5.90. The number of aryl methyl sites for hydroxylation is 1. The largest absolute Gasteiger partial charge is 0.293 e. The van der Waals surface area contributed by atoms with Gasteiger partial charge in [-0.3, -0.25) is 4.79 Å². The Hall–Kier alpha value is -1.08. The smallest absolute Gasteiger partial charge is 0.176 e. The van der Waals surface area contributed by atoms with Crippen molar-refractivity contribution in [1.29, 1.82) is 0 Å². The van der Waals surface area contributed by atoms with Crippen molar-refractivity contribution in [2.75, 3.05) is 0 Å². The zero-order valence-electron chi connectivity index (χ0n) is 12.9. The van der Waals surface area contributed by atoms with Crippen LogP contribution in [0.3, 0.4) is 0 Å². The molecule has 1 atom stereocenters. The van der Waals surface area contributed by atoms with E-state index in [-0.39, 0.29) is 11.2 Å². The van der Waals surface area contributed by atoms with Crippen LogP contribution in [0.15, 0.2) is 29.8 Å². The van der Waals surface area contributed by atoms with Crippen molar-refractivity contribution in [2.24, 2.45) is 0 Å². The molecular formula is C19H25ClO. The summed E-state index contributed by atoms with van der Waals surface area (Å²) in [4.78, 5) is 12.1. The van der Waals surface area contributed by atoms with Crippen LogP contribution in [0, 0.1) is 0 Å². The minimum atomic E-state index is -0.318. The Morgan fingerprint density at radius 3 is 2.86 bits per heavy atom. The van der Waals surface area contributed by atoms with E-state index in [1.54, 1.807) is 0 Å². The van der Waals surface area contributed by atoms with Crippen LogP contribution in [0.2, 0.25) is 0 Å². The third kappa shape index (κ3) is 4.71. The number of hydrogen-bond donors (Lipinski definition) is 0. The van der Waals surface area contributed by atoms with E-state index in [1.165, 1.54) is 36.8 Å². The third-order valence-electron chi connectivity index (χ3n) is 4.19. The lowest BCUT2D eigenvalue weighted by molar-refractivity contribution is -0.116. The van der Waals surface area contributed by atoms with Crippen molar-refractivity contribution in [1.82, 2.24) is 0 Å². The maximum atomic E-state index is 12.1. The van der Waals surface area contributed by atoms with Gasteiger partial charge < -0.3 is 0 Å². The highest BCUT2D eigenvalue weighted by Crippen LogP contribution is 2.27. The quantitative estimate of drug-likeness (QED) is 0.382. The highest BCUT2D eigenvalue weighted by Gasteiger charge is 2.24. The van der Waals surface area contributed by atoms with E-state index in [2.05, 4.69) is 31.2 Å². The minimum Gasteiger partial charge on any atom is -0.293 e. The van der Waals surface area contributed by atoms with Crippen molar-refractivity contribution in [3.05, 3.63) is 41.0 Å². The molecule has 1 fully saturated rings. The van der Waals surface area contributed by atoms with E-state index in [4.69, 9.17) is 11.6 Å². The third-order valence-corrected chi connectivity index (χ3v) is 4.61. The first-order valence-corrected chi connectivity index (χ1v) is 8.62. The van der Waals surface area contributed by atoms with E-state index in [0.29, 0.717) is 0 Å². The van der Waals surface area contributed by atoms with Gasteiger partial charge in [-0.15, -0.1) is 11.6 Å². The monoisotopic (exact) mass is 304 g/mol. The van der Waals surface area contributed by atoms with E-state index in [9.17, 15) is 4.79 Å². The fourth-order valence-electron chi connectivity index (χ4n) is 2.90. The molecular weight excluding hydrogens is 280 g/mol. The summed E-state index contributed by atoms with van der Waals surface area (Å²) in [5, 5.41) is -0.318. The van der Waals surface area contributed by atoms with E-state index in [0.717, 1.165) is 31.3 Å². The Morgan fingerprint density at radius 1 is 1.24 bits per heavy atom. The van der Waals surface area contributed by atoms with Crippen molar-refractivity contribution in [2.45, 2.75) is 63.7 Å². The first-order valence-electron chi connectivity index (χ1n) is 8.19. The Labute approximate surface area is 133 Å². The Balaban J connectivity index is 2.10. The molecule has 0 bridgehead atoms.